The van der Waals surface area contributed by atoms with E-state index in [9.17, 15) is 4.79 Å². The molecule has 4 aromatic rings. The average molecular weight is 431 g/mol. The van der Waals surface area contributed by atoms with Crippen molar-refractivity contribution in [3.05, 3.63) is 65.1 Å². The lowest BCUT2D eigenvalue weighted by Crippen LogP contribution is -2.44. The maximum atomic E-state index is 12.6. The molecule has 7 nitrogen and oxygen atoms in total. The summed E-state index contributed by atoms with van der Waals surface area (Å²) < 4.78 is 11.2. The summed E-state index contributed by atoms with van der Waals surface area (Å²) in [6.45, 7) is 8.15. The molecule has 0 amide bonds. The van der Waals surface area contributed by atoms with E-state index in [4.69, 9.17) is 9.47 Å². The summed E-state index contributed by atoms with van der Waals surface area (Å²) in [5.41, 5.74) is 6.12. The zero-order valence-electron chi connectivity index (χ0n) is 18.5. The molecule has 0 spiro atoms. The molecule has 0 radical (unpaired) electrons. The fourth-order valence-electron chi connectivity index (χ4n) is 3.86. The van der Waals surface area contributed by atoms with Crippen LogP contribution in [0.3, 0.4) is 0 Å². The second-order valence-electron chi connectivity index (χ2n) is 9.00. The number of hydrogen-bond donors (Lipinski definition) is 2. The van der Waals surface area contributed by atoms with Gasteiger partial charge in [0.1, 0.15) is 17.1 Å². The number of ether oxygens (including phenoxy) is 2. The maximum Gasteiger partial charge on any atom is 0.187 e. The van der Waals surface area contributed by atoms with Crippen LogP contribution < -0.4 is 4.74 Å². The number of carbonyl (C=O) groups excluding carboxylic acids is 1. The average Bonchev–Trinajstić information content (AvgIpc) is 3.34. The van der Waals surface area contributed by atoms with Gasteiger partial charge in [0.25, 0.3) is 0 Å². The van der Waals surface area contributed by atoms with E-state index < -0.39 is 0 Å². The first-order valence-corrected chi connectivity index (χ1v) is 10.7. The third kappa shape index (κ3) is 3.91. The molecule has 3 aromatic heterocycles. The Morgan fingerprint density at radius 2 is 1.97 bits per heavy atom. The molecule has 0 bridgehead atoms. The first-order chi connectivity index (χ1) is 15.4. The zero-order valence-corrected chi connectivity index (χ0v) is 18.5. The highest BCUT2D eigenvalue weighted by molar-refractivity contribution is 5.97. The van der Waals surface area contributed by atoms with Gasteiger partial charge in [-0.2, -0.15) is 5.10 Å². The molecular formula is C25H26N4O3. The van der Waals surface area contributed by atoms with Gasteiger partial charge >= 0.3 is 0 Å². The number of fused-ring (bicyclic) bond motifs is 1. The second kappa shape index (κ2) is 7.91. The van der Waals surface area contributed by atoms with E-state index in [0.717, 1.165) is 58.1 Å². The number of nitrogens with zero attached hydrogens (tertiary/aromatic N) is 2. The molecule has 7 heteroatoms. The number of aryl methyl sites for hydroxylation is 1. The standard InChI is InChI=1S/C25H26N4O3/c1-15-16(2)28-29-23(15)22(30)9-17-8-19-10-21(27-24(19)26-11-17)18-4-6-20(7-5-18)32-14-25(3)12-31-13-25/h4-8,10-11H,9,12-14H2,1-3H3,(H,26,27)(H,28,29). The predicted molar refractivity (Wildman–Crippen MR) is 122 cm³/mol. The number of benzene rings is 1. The Labute approximate surface area is 186 Å². The quantitative estimate of drug-likeness (QED) is 0.424. The van der Waals surface area contributed by atoms with Crippen molar-refractivity contribution in [2.75, 3.05) is 19.8 Å². The monoisotopic (exact) mass is 430 g/mol. The number of rotatable bonds is 7. The van der Waals surface area contributed by atoms with Crippen LogP contribution in [-0.4, -0.2) is 45.8 Å². The van der Waals surface area contributed by atoms with Crippen molar-refractivity contribution in [3.8, 4) is 17.0 Å². The number of ketones is 1. The lowest BCUT2D eigenvalue weighted by molar-refractivity contribution is -0.120. The Bertz CT molecular complexity index is 1280. The smallest absolute Gasteiger partial charge is 0.187 e. The molecule has 2 N–H and O–H groups in total. The van der Waals surface area contributed by atoms with Crippen LogP contribution in [0.2, 0.25) is 0 Å². The highest BCUT2D eigenvalue weighted by atomic mass is 16.5. The van der Waals surface area contributed by atoms with E-state index in [1.807, 2.05) is 44.2 Å². The number of nitrogens with one attached hydrogen (secondary N) is 2. The fraction of sp³-hybridized carbons (Fsp3) is 0.320. The molecule has 164 valence electrons. The first kappa shape index (κ1) is 20.5. The van der Waals surface area contributed by atoms with Crippen LogP contribution in [0.4, 0.5) is 0 Å². The van der Waals surface area contributed by atoms with Crippen molar-refractivity contribution in [1.82, 2.24) is 20.2 Å². The summed E-state index contributed by atoms with van der Waals surface area (Å²) in [4.78, 5) is 20.5. The van der Waals surface area contributed by atoms with E-state index in [-0.39, 0.29) is 17.6 Å². The number of Topliss-reactive ketones (excluding diaryl/α,β-unsaturated/α-hetero) is 1. The molecule has 1 saturated heterocycles. The molecule has 1 aromatic carbocycles. The number of hydrogen-bond acceptors (Lipinski definition) is 5. The van der Waals surface area contributed by atoms with E-state index >= 15 is 0 Å². The van der Waals surface area contributed by atoms with Crippen LogP contribution in [0.5, 0.6) is 5.75 Å². The van der Waals surface area contributed by atoms with Crippen LogP contribution in [0, 0.1) is 19.3 Å². The van der Waals surface area contributed by atoms with Crippen LogP contribution in [0.15, 0.2) is 42.6 Å². The molecule has 4 heterocycles. The number of carbonyl (C=O) groups is 1. The van der Waals surface area contributed by atoms with Gasteiger partial charge in [0.15, 0.2) is 5.78 Å². The molecule has 1 aliphatic rings. The van der Waals surface area contributed by atoms with Crippen molar-refractivity contribution in [1.29, 1.82) is 0 Å². The van der Waals surface area contributed by atoms with Crippen molar-refractivity contribution >= 4 is 16.8 Å². The Morgan fingerprint density at radius 3 is 2.62 bits per heavy atom. The zero-order chi connectivity index (χ0) is 22.3. The second-order valence-corrected chi connectivity index (χ2v) is 9.00. The summed E-state index contributed by atoms with van der Waals surface area (Å²) >= 11 is 0. The minimum atomic E-state index is -0.0123. The highest BCUT2D eigenvalue weighted by Gasteiger charge is 2.34. The molecule has 32 heavy (non-hydrogen) atoms. The third-order valence-electron chi connectivity index (χ3n) is 6.06. The van der Waals surface area contributed by atoms with Gasteiger partial charge in [-0.05, 0) is 61.4 Å². The summed E-state index contributed by atoms with van der Waals surface area (Å²) in [7, 11) is 0. The van der Waals surface area contributed by atoms with Crippen LogP contribution >= 0.6 is 0 Å². The van der Waals surface area contributed by atoms with E-state index in [1.54, 1.807) is 6.20 Å². The molecule has 0 aliphatic carbocycles. The van der Waals surface area contributed by atoms with Crippen molar-refractivity contribution < 1.29 is 14.3 Å². The van der Waals surface area contributed by atoms with Gasteiger partial charge in [-0.25, -0.2) is 4.98 Å². The number of H-pyrrole nitrogens is 2. The summed E-state index contributed by atoms with van der Waals surface area (Å²) in [6.07, 6.45) is 2.02. The summed E-state index contributed by atoms with van der Waals surface area (Å²) in [5.74, 6) is 0.836. The first-order valence-electron chi connectivity index (χ1n) is 10.7. The van der Waals surface area contributed by atoms with E-state index in [1.165, 1.54) is 0 Å². The van der Waals surface area contributed by atoms with Gasteiger partial charge in [0.05, 0.1) is 19.8 Å². The van der Waals surface area contributed by atoms with Crippen molar-refractivity contribution in [2.45, 2.75) is 27.2 Å². The molecule has 0 saturated carbocycles. The van der Waals surface area contributed by atoms with Gasteiger partial charge in [-0.3, -0.25) is 9.89 Å². The number of pyridine rings is 1. The minimum Gasteiger partial charge on any atom is -0.493 e. The van der Waals surface area contributed by atoms with Gasteiger partial charge in [0.2, 0.25) is 0 Å². The SMILES string of the molecule is Cc1[nH]nc(C(=O)Cc2cnc3[nH]c(-c4ccc(OCC5(C)COC5)cc4)cc3c2)c1C. The molecular weight excluding hydrogens is 404 g/mol. The topological polar surface area (TPSA) is 92.9 Å². The van der Waals surface area contributed by atoms with Crippen molar-refractivity contribution in [2.24, 2.45) is 5.41 Å². The maximum absolute atomic E-state index is 12.6. The van der Waals surface area contributed by atoms with E-state index in [2.05, 4.69) is 33.2 Å². The van der Waals surface area contributed by atoms with Crippen LogP contribution in [0.1, 0.15) is 34.2 Å². The Morgan fingerprint density at radius 1 is 1.19 bits per heavy atom. The van der Waals surface area contributed by atoms with Crippen molar-refractivity contribution in [3.63, 3.8) is 0 Å². The van der Waals surface area contributed by atoms with E-state index in [0.29, 0.717) is 12.3 Å². The normalized spacial score (nSPS) is 15.0. The largest absolute Gasteiger partial charge is 0.493 e. The summed E-state index contributed by atoms with van der Waals surface area (Å²) in [6, 6.07) is 12.1. The number of aromatic amines is 2. The molecule has 0 atom stereocenters. The van der Waals surface area contributed by atoms with Gasteiger partial charge < -0.3 is 14.5 Å². The fourth-order valence-corrected chi connectivity index (χ4v) is 3.86. The highest BCUT2D eigenvalue weighted by Crippen LogP contribution is 2.29. The third-order valence-corrected chi connectivity index (χ3v) is 6.06. The minimum absolute atomic E-state index is 0.0123. The van der Waals surface area contributed by atoms with Gasteiger partial charge in [-0.15, -0.1) is 0 Å². The summed E-state index contributed by atoms with van der Waals surface area (Å²) in [5, 5.41) is 7.99. The Balaban J connectivity index is 1.30. The van der Waals surface area contributed by atoms with Crippen LogP contribution in [-0.2, 0) is 11.2 Å². The Hall–Kier alpha value is -3.45. The lowest BCUT2D eigenvalue weighted by atomic mass is 9.90. The predicted octanol–water partition coefficient (Wildman–Crippen LogP) is 4.41. The molecule has 5 rings (SSSR count). The molecule has 1 fully saturated rings. The van der Waals surface area contributed by atoms with Gasteiger partial charge in [0, 0.05) is 40.4 Å². The number of aromatic nitrogens is 4. The van der Waals surface area contributed by atoms with Crippen LogP contribution in [0.25, 0.3) is 22.3 Å². The Kier molecular flexibility index (Phi) is 5.06. The van der Waals surface area contributed by atoms with Gasteiger partial charge in [-0.1, -0.05) is 6.92 Å². The molecule has 0 unspecified atom stereocenters. The lowest BCUT2D eigenvalue weighted by Gasteiger charge is -2.37. The molecule has 1 aliphatic heterocycles.